The van der Waals surface area contributed by atoms with Crippen molar-refractivity contribution < 1.29 is 13.6 Å². The Morgan fingerprint density at radius 2 is 2.00 bits per heavy atom. The van der Waals surface area contributed by atoms with Crippen molar-refractivity contribution in [1.82, 2.24) is 10.3 Å². The van der Waals surface area contributed by atoms with Gasteiger partial charge in [0.25, 0.3) is 5.91 Å². The van der Waals surface area contributed by atoms with Crippen LogP contribution in [0.2, 0.25) is 0 Å². The molecule has 2 fully saturated rings. The second-order valence-electron chi connectivity index (χ2n) is 7.70. The minimum atomic E-state index is -0.674. The third-order valence-electron chi connectivity index (χ3n) is 5.90. The first-order valence-corrected chi connectivity index (χ1v) is 10.7. The molecule has 0 aliphatic heterocycles. The summed E-state index contributed by atoms with van der Waals surface area (Å²) >= 11 is 4.60. The lowest BCUT2D eigenvalue weighted by Crippen LogP contribution is -2.54. The fourth-order valence-corrected chi connectivity index (χ4v) is 5.82. The maximum atomic E-state index is 13.3. The van der Waals surface area contributed by atoms with Crippen LogP contribution >= 0.6 is 27.3 Å². The number of aromatic nitrogens is 1. The molecule has 1 heterocycles. The van der Waals surface area contributed by atoms with Crippen molar-refractivity contribution in [3.63, 3.8) is 0 Å². The quantitative estimate of drug-likeness (QED) is 0.628. The van der Waals surface area contributed by atoms with Gasteiger partial charge in [-0.05, 0) is 65.1 Å². The summed E-state index contributed by atoms with van der Waals surface area (Å²) in [5.41, 5.74) is 0.910. The zero-order valence-corrected chi connectivity index (χ0v) is 17.2. The fourth-order valence-electron chi connectivity index (χ4n) is 4.38. The number of anilines is 2. The van der Waals surface area contributed by atoms with Gasteiger partial charge in [0.05, 0.1) is 0 Å². The van der Waals surface area contributed by atoms with E-state index in [1.807, 2.05) is 0 Å². The molecular formula is C19H20BrF2N3OS. The summed E-state index contributed by atoms with van der Waals surface area (Å²) in [5.74, 6) is -1.02. The minimum absolute atomic E-state index is 0.187. The molecule has 2 saturated carbocycles. The first kappa shape index (κ1) is 18.8. The molecule has 2 aliphatic carbocycles. The van der Waals surface area contributed by atoms with Crippen LogP contribution < -0.4 is 10.6 Å². The molecule has 144 valence electrons. The molecule has 4 rings (SSSR count). The van der Waals surface area contributed by atoms with E-state index in [0.29, 0.717) is 25.9 Å². The van der Waals surface area contributed by atoms with Crippen LogP contribution in [-0.4, -0.2) is 16.9 Å². The topological polar surface area (TPSA) is 54.0 Å². The number of nitrogens with zero attached hydrogens (tertiary/aromatic N) is 1. The number of hydrogen-bond acceptors (Lipinski definition) is 4. The Balaban J connectivity index is 1.47. The average molecular weight is 456 g/mol. The van der Waals surface area contributed by atoms with E-state index in [1.54, 1.807) is 0 Å². The largest absolute Gasteiger partial charge is 0.348 e. The molecule has 1 aromatic carbocycles. The van der Waals surface area contributed by atoms with Crippen molar-refractivity contribution in [2.75, 3.05) is 5.32 Å². The zero-order valence-electron chi connectivity index (χ0n) is 14.8. The van der Waals surface area contributed by atoms with E-state index in [4.69, 9.17) is 0 Å². The van der Waals surface area contributed by atoms with E-state index in [0.717, 1.165) is 25.3 Å². The summed E-state index contributed by atoms with van der Waals surface area (Å²) in [5, 5.41) is 6.41. The van der Waals surface area contributed by atoms with Crippen molar-refractivity contribution in [3.8, 4) is 0 Å². The highest BCUT2D eigenvalue weighted by Crippen LogP contribution is 2.55. The van der Waals surface area contributed by atoms with E-state index in [2.05, 4.69) is 38.5 Å². The Bertz CT molecular complexity index is 870. The number of carbonyl (C=O) groups is 1. The standard InChI is InChI=1S/C19H20BrF2N3OS/c1-19-5-2-3-14(13(19)4-6-19)24-17(26)15-16(20)27-18(25-15)23-12-8-10(21)7-11(22)9-12/h7-9,13-14H,2-6H2,1H3,(H,23,25)(H,24,26). The smallest absolute Gasteiger partial charge is 0.272 e. The monoisotopic (exact) mass is 455 g/mol. The molecule has 1 amide bonds. The molecule has 2 aliphatic rings. The third-order valence-corrected chi connectivity index (χ3v) is 7.52. The molecule has 3 atom stereocenters. The summed E-state index contributed by atoms with van der Waals surface area (Å²) in [6.07, 6.45) is 5.78. The van der Waals surface area contributed by atoms with Gasteiger partial charge in [0, 0.05) is 17.8 Å². The van der Waals surface area contributed by atoms with Gasteiger partial charge in [-0.15, -0.1) is 0 Å². The SMILES string of the molecule is CC12CCCC(NC(=O)c3nc(Nc4cc(F)cc(F)c4)sc3Br)C1CC2. The van der Waals surface area contributed by atoms with Gasteiger partial charge in [-0.1, -0.05) is 24.7 Å². The lowest BCUT2D eigenvalue weighted by atomic mass is 9.53. The number of benzene rings is 1. The van der Waals surface area contributed by atoms with Gasteiger partial charge in [-0.2, -0.15) is 0 Å². The molecule has 8 heteroatoms. The highest BCUT2D eigenvalue weighted by atomic mass is 79.9. The Labute approximate surface area is 168 Å². The van der Waals surface area contributed by atoms with Crippen LogP contribution in [-0.2, 0) is 0 Å². The summed E-state index contributed by atoms with van der Waals surface area (Å²) in [4.78, 5) is 17.1. The first-order valence-electron chi connectivity index (χ1n) is 9.04. The summed E-state index contributed by atoms with van der Waals surface area (Å²) in [6.45, 7) is 2.32. The second kappa shape index (κ2) is 7.13. The van der Waals surface area contributed by atoms with Gasteiger partial charge < -0.3 is 10.6 Å². The van der Waals surface area contributed by atoms with Crippen molar-refractivity contribution in [2.45, 2.75) is 45.1 Å². The van der Waals surface area contributed by atoms with Crippen molar-refractivity contribution in [1.29, 1.82) is 0 Å². The van der Waals surface area contributed by atoms with E-state index in [1.165, 1.54) is 36.3 Å². The lowest BCUT2D eigenvalue weighted by molar-refractivity contribution is -0.0194. The summed E-state index contributed by atoms with van der Waals surface area (Å²) in [6, 6.07) is 3.35. The Morgan fingerprint density at radius 3 is 2.67 bits per heavy atom. The van der Waals surface area contributed by atoms with E-state index < -0.39 is 11.6 Å². The number of rotatable bonds is 4. The predicted molar refractivity (Wildman–Crippen MR) is 105 cm³/mol. The molecule has 1 aromatic heterocycles. The lowest BCUT2D eigenvalue weighted by Gasteiger charge is -2.54. The number of fused-ring (bicyclic) bond motifs is 1. The highest BCUT2D eigenvalue weighted by Gasteiger charge is 2.49. The maximum absolute atomic E-state index is 13.3. The van der Waals surface area contributed by atoms with E-state index >= 15 is 0 Å². The Kier molecular flexibility index (Phi) is 4.96. The van der Waals surface area contributed by atoms with Crippen LogP contribution in [0.15, 0.2) is 22.0 Å². The molecule has 27 heavy (non-hydrogen) atoms. The van der Waals surface area contributed by atoms with Gasteiger partial charge in [-0.25, -0.2) is 13.8 Å². The molecular weight excluding hydrogens is 436 g/mol. The Morgan fingerprint density at radius 1 is 1.26 bits per heavy atom. The van der Waals surface area contributed by atoms with Gasteiger partial charge in [-0.3, -0.25) is 4.79 Å². The average Bonchev–Trinajstić information content (AvgIpc) is 2.91. The molecule has 0 radical (unpaired) electrons. The van der Waals surface area contributed by atoms with Crippen LogP contribution in [0.25, 0.3) is 0 Å². The van der Waals surface area contributed by atoms with Crippen LogP contribution in [0.4, 0.5) is 19.6 Å². The minimum Gasteiger partial charge on any atom is -0.348 e. The normalized spacial score (nSPS) is 26.8. The Hall–Kier alpha value is -1.54. The number of amides is 1. The maximum Gasteiger partial charge on any atom is 0.272 e. The number of carbonyl (C=O) groups excluding carboxylic acids is 1. The highest BCUT2D eigenvalue weighted by molar-refractivity contribution is 9.11. The van der Waals surface area contributed by atoms with E-state index in [-0.39, 0.29) is 17.6 Å². The predicted octanol–water partition coefficient (Wildman–Crippen LogP) is 5.63. The molecule has 2 N–H and O–H groups in total. The molecule has 0 bridgehead atoms. The first-order chi connectivity index (χ1) is 12.8. The van der Waals surface area contributed by atoms with Gasteiger partial charge in [0.15, 0.2) is 10.8 Å². The fraction of sp³-hybridized carbons (Fsp3) is 0.474. The number of halogens is 3. The third kappa shape index (κ3) is 3.74. The molecule has 2 aromatic rings. The number of thiazole rings is 1. The van der Waals surface area contributed by atoms with Crippen molar-refractivity contribution >= 4 is 44.0 Å². The van der Waals surface area contributed by atoms with Crippen molar-refractivity contribution in [2.24, 2.45) is 11.3 Å². The van der Waals surface area contributed by atoms with Gasteiger partial charge in [0.1, 0.15) is 15.4 Å². The summed E-state index contributed by atoms with van der Waals surface area (Å²) in [7, 11) is 0. The van der Waals surface area contributed by atoms with Crippen LogP contribution in [0, 0.1) is 23.0 Å². The van der Waals surface area contributed by atoms with Crippen LogP contribution in [0.1, 0.15) is 49.5 Å². The second-order valence-corrected chi connectivity index (χ2v) is 10.0. The molecule has 3 unspecified atom stereocenters. The molecule has 4 nitrogen and oxygen atoms in total. The zero-order chi connectivity index (χ0) is 19.2. The molecule has 0 spiro atoms. The summed E-state index contributed by atoms with van der Waals surface area (Å²) < 4.78 is 27.3. The van der Waals surface area contributed by atoms with E-state index in [9.17, 15) is 13.6 Å². The van der Waals surface area contributed by atoms with Crippen molar-refractivity contribution in [3.05, 3.63) is 39.3 Å². The van der Waals surface area contributed by atoms with Crippen LogP contribution in [0.3, 0.4) is 0 Å². The van der Waals surface area contributed by atoms with Gasteiger partial charge in [0.2, 0.25) is 0 Å². The van der Waals surface area contributed by atoms with Crippen LogP contribution in [0.5, 0.6) is 0 Å². The number of hydrogen-bond donors (Lipinski definition) is 2. The van der Waals surface area contributed by atoms with Gasteiger partial charge >= 0.3 is 0 Å². The number of nitrogens with one attached hydrogen (secondary N) is 2. The molecule has 0 saturated heterocycles.